The number of amides is 1. The molecule has 11 heteroatoms. The van der Waals surface area contributed by atoms with Gasteiger partial charge in [0, 0.05) is 27.2 Å². The second-order valence-corrected chi connectivity index (χ2v) is 7.47. The molecule has 0 aliphatic rings. The number of alkyl halides is 3. The molecular formula is C21H13F4N3O3S. The predicted octanol–water partition coefficient (Wildman–Crippen LogP) is 5.39. The van der Waals surface area contributed by atoms with E-state index < -0.39 is 23.5 Å². The molecule has 2 aromatic carbocycles. The molecule has 0 saturated heterocycles. The molecular weight excluding hydrogens is 450 g/mol. The number of hydrogen-bond acceptors (Lipinski definition) is 6. The second kappa shape index (κ2) is 8.52. The van der Waals surface area contributed by atoms with Crippen LogP contribution in [0.15, 0.2) is 54.2 Å². The summed E-state index contributed by atoms with van der Waals surface area (Å²) in [6, 6.07) is 8.67. The van der Waals surface area contributed by atoms with Gasteiger partial charge in [-0.15, -0.1) is 11.3 Å². The van der Waals surface area contributed by atoms with E-state index >= 15 is 0 Å². The lowest BCUT2D eigenvalue weighted by molar-refractivity contribution is -0.139. The fraction of sp³-hybridized carbons (Fsp3) is 0.0952. The molecule has 1 amide bonds. The minimum Gasteiger partial charge on any atom is -0.439 e. The maximum Gasteiger partial charge on any atom is 0.419 e. The zero-order chi connectivity index (χ0) is 22.9. The van der Waals surface area contributed by atoms with Gasteiger partial charge in [0.1, 0.15) is 17.9 Å². The lowest BCUT2D eigenvalue weighted by Crippen LogP contribution is -2.14. The summed E-state index contributed by atoms with van der Waals surface area (Å²) >= 11 is 1.24. The van der Waals surface area contributed by atoms with Gasteiger partial charge in [0.2, 0.25) is 5.88 Å². The number of aliphatic hydroxyl groups excluding tert-OH is 1. The summed E-state index contributed by atoms with van der Waals surface area (Å²) in [4.78, 5) is 20.5. The van der Waals surface area contributed by atoms with Crippen LogP contribution in [0, 0.1) is 5.82 Å². The summed E-state index contributed by atoms with van der Waals surface area (Å²) in [5, 5.41) is 13.6. The van der Waals surface area contributed by atoms with Crippen LogP contribution >= 0.6 is 11.3 Å². The molecule has 2 heterocycles. The topological polar surface area (TPSA) is 84.3 Å². The van der Waals surface area contributed by atoms with Crippen molar-refractivity contribution in [2.45, 2.75) is 12.8 Å². The molecule has 0 aliphatic heterocycles. The average molecular weight is 463 g/mol. The van der Waals surface area contributed by atoms with E-state index in [9.17, 15) is 22.4 Å². The number of benzene rings is 2. The normalized spacial score (nSPS) is 11.5. The lowest BCUT2D eigenvalue weighted by atomic mass is 10.1. The number of carbonyl (C=O) groups is 1. The van der Waals surface area contributed by atoms with Gasteiger partial charge < -0.3 is 15.2 Å². The Morgan fingerprint density at radius 2 is 1.94 bits per heavy atom. The van der Waals surface area contributed by atoms with Crippen LogP contribution in [-0.4, -0.2) is 21.0 Å². The Labute approximate surface area is 182 Å². The van der Waals surface area contributed by atoms with Crippen molar-refractivity contribution in [3.63, 3.8) is 0 Å². The molecule has 2 N–H and O–H groups in total. The number of hydrogen-bond donors (Lipinski definition) is 2. The van der Waals surface area contributed by atoms with E-state index in [1.807, 2.05) is 0 Å². The number of nitrogens with one attached hydrogen (secondary N) is 1. The van der Waals surface area contributed by atoms with Crippen LogP contribution in [0.1, 0.15) is 21.6 Å². The van der Waals surface area contributed by atoms with Gasteiger partial charge in [0.15, 0.2) is 0 Å². The summed E-state index contributed by atoms with van der Waals surface area (Å²) < 4.78 is 58.5. The first-order valence-electron chi connectivity index (χ1n) is 9.03. The van der Waals surface area contributed by atoms with Crippen LogP contribution in [0.3, 0.4) is 0 Å². The second-order valence-electron chi connectivity index (χ2n) is 6.56. The first-order valence-corrected chi connectivity index (χ1v) is 9.91. The Morgan fingerprint density at radius 3 is 2.69 bits per heavy atom. The highest BCUT2D eigenvalue weighted by atomic mass is 32.1. The number of carbonyl (C=O) groups excluding carboxylic acids is 1. The van der Waals surface area contributed by atoms with E-state index in [1.54, 1.807) is 23.6 Å². The summed E-state index contributed by atoms with van der Waals surface area (Å²) in [7, 11) is 0. The number of rotatable bonds is 5. The lowest BCUT2D eigenvalue weighted by Gasteiger charge is -2.11. The molecule has 0 spiro atoms. The van der Waals surface area contributed by atoms with E-state index in [0.29, 0.717) is 33.7 Å². The Kier molecular flexibility index (Phi) is 5.76. The van der Waals surface area contributed by atoms with Crippen molar-refractivity contribution in [1.29, 1.82) is 0 Å². The van der Waals surface area contributed by atoms with E-state index in [1.165, 1.54) is 23.7 Å². The molecule has 0 atom stereocenters. The smallest absolute Gasteiger partial charge is 0.419 e. The Morgan fingerprint density at radius 1 is 1.12 bits per heavy atom. The molecule has 0 unspecified atom stereocenters. The molecule has 4 rings (SSSR count). The van der Waals surface area contributed by atoms with Crippen molar-refractivity contribution in [3.8, 4) is 11.6 Å². The van der Waals surface area contributed by atoms with Crippen LogP contribution in [-0.2, 0) is 12.8 Å². The average Bonchev–Trinajstić information content (AvgIpc) is 3.18. The number of ether oxygens (including phenoxy) is 1. The highest BCUT2D eigenvalue weighted by Gasteiger charge is 2.34. The highest BCUT2D eigenvalue weighted by molar-refractivity contribution is 7.17. The first-order chi connectivity index (χ1) is 15.2. The zero-order valence-electron chi connectivity index (χ0n) is 16.0. The molecule has 4 aromatic rings. The van der Waals surface area contributed by atoms with Crippen LogP contribution in [0.5, 0.6) is 11.6 Å². The van der Waals surface area contributed by atoms with Gasteiger partial charge in [-0.05, 0) is 36.4 Å². The molecule has 164 valence electrons. The molecule has 0 aliphatic carbocycles. The third-order valence-electron chi connectivity index (χ3n) is 4.40. The molecule has 2 aromatic heterocycles. The van der Waals surface area contributed by atoms with Gasteiger partial charge in [-0.3, -0.25) is 4.79 Å². The van der Waals surface area contributed by atoms with Crippen molar-refractivity contribution in [2.24, 2.45) is 0 Å². The molecule has 32 heavy (non-hydrogen) atoms. The van der Waals surface area contributed by atoms with Crippen molar-refractivity contribution >= 4 is 33.0 Å². The standard InChI is InChI=1S/C21H13F4N3O3S/c22-17-4-1-11(5-16(17)21(23,24)25)28-20(30)15-9-32-18-7-13(2-3-14(15)18)31-19-6-12(8-29)26-10-27-19/h1-7,9-10,29H,8H2,(H,28,30). The summed E-state index contributed by atoms with van der Waals surface area (Å²) in [5.74, 6) is -1.39. The van der Waals surface area contributed by atoms with Gasteiger partial charge >= 0.3 is 6.18 Å². The third kappa shape index (κ3) is 4.53. The fourth-order valence-corrected chi connectivity index (χ4v) is 3.87. The minimum atomic E-state index is -4.88. The third-order valence-corrected chi connectivity index (χ3v) is 5.35. The van der Waals surface area contributed by atoms with Gasteiger partial charge in [-0.1, -0.05) is 0 Å². The zero-order valence-corrected chi connectivity index (χ0v) is 16.8. The summed E-state index contributed by atoms with van der Waals surface area (Å²) in [5.41, 5.74) is -0.993. The summed E-state index contributed by atoms with van der Waals surface area (Å²) in [6.45, 7) is -0.264. The largest absolute Gasteiger partial charge is 0.439 e. The Balaban J connectivity index is 1.56. The van der Waals surface area contributed by atoms with Gasteiger partial charge in [0.25, 0.3) is 5.91 Å². The number of halogens is 4. The molecule has 0 saturated carbocycles. The number of aliphatic hydroxyl groups is 1. The summed E-state index contributed by atoms with van der Waals surface area (Å²) in [6.07, 6.45) is -3.62. The van der Waals surface area contributed by atoms with E-state index in [2.05, 4.69) is 15.3 Å². The van der Waals surface area contributed by atoms with Gasteiger partial charge in [0.05, 0.1) is 23.4 Å². The monoisotopic (exact) mass is 463 g/mol. The van der Waals surface area contributed by atoms with Crippen molar-refractivity contribution < 1.29 is 32.2 Å². The number of aromatic nitrogens is 2. The molecule has 6 nitrogen and oxygen atoms in total. The maximum absolute atomic E-state index is 13.5. The van der Waals surface area contributed by atoms with Crippen molar-refractivity contribution in [3.05, 3.63) is 76.8 Å². The molecule has 0 fully saturated rings. The highest BCUT2D eigenvalue weighted by Crippen LogP contribution is 2.34. The number of thiophene rings is 1. The van der Waals surface area contributed by atoms with E-state index in [-0.39, 0.29) is 23.7 Å². The van der Waals surface area contributed by atoms with Crippen LogP contribution in [0.4, 0.5) is 23.2 Å². The number of anilines is 1. The Bertz CT molecular complexity index is 1310. The van der Waals surface area contributed by atoms with Crippen LogP contribution in [0.2, 0.25) is 0 Å². The van der Waals surface area contributed by atoms with Crippen molar-refractivity contribution in [1.82, 2.24) is 9.97 Å². The quantitative estimate of drug-likeness (QED) is 0.388. The maximum atomic E-state index is 13.5. The fourth-order valence-electron chi connectivity index (χ4n) is 2.91. The van der Waals surface area contributed by atoms with Gasteiger partial charge in [-0.25, -0.2) is 14.4 Å². The molecule has 0 radical (unpaired) electrons. The first kappa shape index (κ1) is 21.7. The SMILES string of the molecule is O=C(Nc1ccc(F)c(C(F)(F)F)c1)c1csc2cc(Oc3cc(CO)ncn3)ccc12. The minimum absolute atomic E-state index is 0.175. The molecule has 0 bridgehead atoms. The van der Waals surface area contributed by atoms with Crippen molar-refractivity contribution in [2.75, 3.05) is 5.32 Å². The number of fused-ring (bicyclic) bond motifs is 1. The van der Waals surface area contributed by atoms with E-state index in [4.69, 9.17) is 9.84 Å². The van der Waals surface area contributed by atoms with Crippen LogP contribution < -0.4 is 10.1 Å². The number of nitrogens with zero attached hydrogens (tertiary/aromatic N) is 2. The van der Waals surface area contributed by atoms with E-state index in [0.717, 1.165) is 6.07 Å². The van der Waals surface area contributed by atoms with Gasteiger partial charge in [-0.2, -0.15) is 13.2 Å². The van der Waals surface area contributed by atoms with Crippen LogP contribution in [0.25, 0.3) is 10.1 Å². The predicted molar refractivity (Wildman–Crippen MR) is 109 cm³/mol. The Hall–Kier alpha value is -3.57.